The Labute approximate surface area is 106 Å². The quantitative estimate of drug-likeness (QED) is 0.687. The van der Waals surface area contributed by atoms with Gasteiger partial charge < -0.3 is 9.47 Å². The van der Waals surface area contributed by atoms with E-state index in [9.17, 15) is 0 Å². The van der Waals surface area contributed by atoms with Crippen LogP contribution >= 0.6 is 0 Å². The summed E-state index contributed by atoms with van der Waals surface area (Å²) in [7, 11) is 0. The van der Waals surface area contributed by atoms with E-state index < -0.39 is 0 Å². The lowest BCUT2D eigenvalue weighted by Gasteiger charge is -2.33. The normalized spacial score (nSPS) is 21.4. The molecule has 0 unspecified atom stereocenters. The number of hydrogen-bond acceptors (Lipinski definition) is 2. The molecule has 1 aliphatic rings. The van der Waals surface area contributed by atoms with Gasteiger partial charge >= 0.3 is 0 Å². The highest BCUT2D eigenvalue weighted by molar-refractivity contribution is 5.04. The largest absolute Gasteiger partial charge is 0.348 e. The molecule has 0 aromatic rings. The second-order valence-electron chi connectivity index (χ2n) is 5.99. The predicted octanol–water partition coefficient (Wildman–Crippen LogP) is 4.08. The second-order valence-corrected chi connectivity index (χ2v) is 5.99. The molecule has 0 aromatic heterocycles. The molecule has 2 heteroatoms. The van der Waals surface area contributed by atoms with Crippen LogP contribution in [0.4, 0.5) is 0 Å². The lowest BCUT2D eigenvalue weighted by Crippen LogP contribution is -2.36. The minimum atomic E-state index is -0.144. The van der Waals surface area contributed by atoms with E-state index in [0.29, 0.717) is 0 Å². The minimum absolute atomic E-state index is 0.144. The van der Waals surface area contributed by atoms with Crippen LogP contribution in [0, 0.1) is 5.41 Å². The van der Waals surface area contributed by atoms with Crippen molar-refractivity contribution in [3.05, 3.63) is 23.3 Å². The van der Waals surface area contributed by atoms with Crippen molar-refractivity contribution >= 4 is 0 Å². The first-order chi connectivity index (χ1) is 7.89. The van der Waals surface area contributed by atoms with Gasteiger partial charge in [0.1, 0.15) is 0 Å². The Balaban J connectivity index is 2.34. The summed E-state index contributed by atoms with van der Waals surface area (Å²) in [4.78, 5) is 0. The molecular weight excluding hydrogens is 212 g/mol. The number of allylic oxidation sites excluding steroid dienone is 3. The fourth-order valence-electron chi connectivity index (χ4n) is 1.71. The zero-order valence-electron chi connectivity index (χ0n) is 11.9. The molecule has 1 fully saturated rings. The van der Waals surface area contributed by atoms with Crippen LogP contribution in [0.3, 0.4) is 0 Å². The highest BCUT2D eigenvalue weighted by atomic mass is 16.7. The number of rotatable bonds is 4. The van der Waals surface area contributed by atoms with Gasteiger partial charge in [-0.3, -0.25) is 0 Å². The van der Waals surface area contributed by atoms with Crippen molar-refractivity contribution in [3.8, 4) is 0 Å². The Bertz CT molecular complexity index is 286. The highest BCUT2D eigenvalue weighted by Crippen LogP contribution is 2.24. The molecule has 17 heavy (non-hydrogen) atoms. The monoisotopic (exact) mass is 238 g/mol. The van der Waals surface area contributed by atoms with E-state index in [1.807, 2.05) is 0 Å². The maximum absolute atomic E-state index is 5.68. The summed E-state index contributed by atoms with van der Waals surface area (Å²) in [5.41, 5.74) is 2.87. The van der Waals surface area contributed by atoms with Gasteiger partial charge in [-0.1, -0.05) is 31.1 Å². The van der Waals surface area contributed by atoms with Crippen LogP contribution < -0.4 is 0 Å². The van der Waals surface area contributed by atoms with Crippen molar-refractivity contribution in [1.82, 2.24) is 0 Å². The zero-order chi connectivity index (χ0) is 12.9. The van der Waals surface area contributed by atoms with Crippen molar-refractivity contribution in [2.24, 2.45) is 5.41 Å². The zero-order valence-corrected chi connectivity index (χ0v) is 11.9. The summed E-state index contributed by atoms with van der Waals surface area (Å²) in [6.07, 6.45) is 6.41. The molecular formula is C15H26O2. The molecule has 0 aromatic carbocycles. The van der Waals surface area contributed by atoms with Crippen LogP contribution in [0.1, 0.15) is 47.5 Å². The molecule has 0 aliphatic carbocycles. The first kappa shape index (κ1) is 14.5. The Morgan fingerprint density at radius 3 is 2.29 bits per heavy atom. The third kappa shape index (κ3) is 6.04. The second kappa shape index (κ2) is 6.36. The maximum Gasteiger partial charge on any atom is 0.177 e. The lowest BCUT2D eigenvalue weighted by molar-refractivity contribution is -0.197. The summed E-state index contributed by atoms with van der Waals surface area (Å²) in [5.74, 6) is 0. The van der Waals surface area contributed by atoms with Crippen LogP contribution in [0.15, 0.2) is 23.3 Å². The number of hydrogen-bond donors (Lipinski definition) is 0. The Kier molecular flexibility index (Phi) is 5.41. The van der Waals surface area contributed by atoms with E-state index in [4.69, 9.17) is 9.47 Å². The van der Waals surface area contributed by atoms with Crippen molar-refractivity contribution in [2.45, 2.75) is 53.8 Å². The number of ether oxygens (including phenoxy) is 2. The van der Waals surface area contributed by atoms with Gasteiger partial charge in [-0.2, -0.15) is 0 Å². The van der Waals surface area contributed by atoms with Crippen LogP contribution in [0.2, 0.25) is 0 Å². The summed E-state index contributed by atoms with van der Waals surface area (Å²) >= 11 is 0. The summed E-state index contributed by atoms with van der Waals surface area (Å²) in [5, 5.41) is 0. The first-order valence-electron chi connectivity index (χ1n) is 6.43. The van der Waals surface area contributed by atoms with Gasteiger partial charge in [-0.05, 0) is 39.7 Å². The fraction of sp³-hybridized carbons (Fsp3) is 0.733. The molecule has 0 radical (unpaired) electrons. The average Bonchev–Trinajstić information content (AvgIpc) is 2.21. The Morgan fingerprint density at radius 2 is 1.76 bits per heavy atom. The van der Waals surface area contributed by atoms with Crippen LogP contribution in [-0.4, -0.2) is 19.5 Å². The summed E-state index contributed by atoms with van der Waals surface area (Å²) < 4.78 is 11.4. The molecule has 1 heterocycles. The first-order valence-corrected chi connectivity index (χ1v) is 6.43. The third-order valence-electron chi connectivity index (χ3n) is 2.79. The van der Waals surface area contributed by atoms with Gasteiger partial charge in [0.15, 0.2) is 6.29 Å². The van der Waals surface area contributed by atoms with E-state index in [-0.39, 0.29) is 11.7 Å². The topological polar surface area (TPSA) is 18.5 Å². The minimum Gasteiger partial charge on any atom is -0.348 e. The van der Waals surface area contributed by atoms with Crippen LogP contribution in [-0.2, 0) is 9.47 Å². The molecule has 0 amide bonds. The van der Waals surface area contributed by atoms with E-state index >= 15 is 0 Å². The molecule has 0 bridgehead atoms. The van der Waals surface area contributed by atoms with E-state index in [2.05, 4.69) is 46.8 Å². The average molecular weight is 238 g/mol. The van der Waals surface area contributed by atoms with Gasteiger partial charge in [0, 0.05) is 5.41 Å². The van der Waals surface area contributed by atoms with Gasteiger partial charge in [0.05, 0.1) is 13.2 Å². The Morgan fingerprint density at radius 1 is 1.18 bits per heavy atom. The molecule has 0 N–H and O–H groups in total. The smallest absolute Gasteiger partial charge is 0.177 e. The fourth-order valence-corrected chi connectivity index (χ4v) is 1.71. The molecule has 1 aliphatic heterocycles. The maximum atomic E-state index is 5.68. The van der Waals surface area contributed by atoms with E-state index in [1.54, 1.807) is 0 Å². The summed E-state index contributed by atoms with van der Waals surface area (Å²) in [6, 6.07) is 0. The van der Waals surface area contributed by atoms with Gasteiger partial charge in [0.25, 0.3) is 0 Å². The third-order valence-corrected chi connectivity index (χ3v) is 2.79. The van der Waals surface area contributed by atoms with Gasteiger partial charge in [0.2, 0.25) is 0 Å². The van der Waals surface area contributed by atoms with Gasteiger partial charge in [-0.15, -0.1) is 0 Å². The van der Waals surface area contributed by atoms with Crippen molar-refractivity contribution < 1.29 is 9.47 Å². The van der Waals surface area contributed by atoms with Crippen molar-refractivity contribution in [3.63, 3.8) is 0 Å². The molecule has 98 valence electrons. The SMILES string of the molecule is CC(C)=CCC/C(C)=C\C1OCC(C)(C)CO1. The predicted molar refractivity (Wildman–Crippen MR) is 71.9 cm³/mol. The van der Waals surface area contributed by atoms with Gasteiger partial charge in [-0.25, -0.2) is 0 Å². The van der Waals surface area contributed by atoms with E-state index in [1.165, 1.54) is 11.1 Å². The molecule has 0 saturated carbocycles. The molecule has 1 saturated heterocycles. The standard InChI is InChI=1S/C15H26O2/c1-12(2)7-6-8-13(3)9-14-16-10-15(4,5)11-17-14/h7,9,14H,6,8,10-11H2,1-5H3/b13-9-. The summed E-state index contributed by atoms with van der Waals surface area (Å²) in [6.45, 7) is 12.3. The molecule has 1 rings (SSSR count). The van der Waals surface area contributed by atoms with Crippen LogP contribution in [0.25, 0.3) is 0 Å². The molecule has 0 spiro atoms. The van der Waals surface area contributed by atoms with E-state index in [0.717, 1.165) is 26.1 Å². The molecule has 0 atom stereocenters. The molecule has 2 nitrogen and oxygen atoms in total. The highest BCUT2D eigenvalue weighted by Gasteiger charge is 2.27. The van der Waals surface area contributed by atoms with Crippen molar-refractivity contribution in [1.29, 1.82) is 0 Å². The van der Waals surface area contributed by atoms with Crippen molar-refractivity contribution in [2.75, 3.05) is 13.2 Å². The van der Waals surface area contributed by atoms with Crippen LogP contribution in [0.5, 0.6) is 0 Å². The lowest BCUT2D eigenvalue weighted by atomic mass is 9.95. The Hall–Kier alpha value is -0.600.